The smallest absolute Gasteiger partial charge is 0.317 e. The number of primary amides is 1. The third-order valence-corrected chi connectivity index (χ3v) is 8.95. The van der Waals surface area contributed by atoms with Gasteiger partial charge in [0.2, 0.25) is 5.91 Å². The molecule has 0 spiro atoms. The summed E-state index contributed by atoms with van der Waals surface area (Å²) in [5.74, 6) is -0.961. The molecule has 0 atom stereocenters. The summed E-state index contributed by atoms with van der Waals surface area (Å²) < 4.78 is 16.0. The number of hydrogen-bond acceptors (Lipinski definition) is 5. The number of carbonyl (C=O) groups excluding carboxylic acids is 3. The molecular weight excluding hydrogens is 535 g/mol. The summed E-state index contributed by atoms with van der Waals surface area (Å²) in [6.07, 6.45) is 4.38. The molecule has 1 saturated carbocycles. The molecule has 222 valence electrons. The number of hydrogen-bond donors (Lipinski definition) is 4. The molecule has 3 aliphatic rings. The van der Waals surface area contributed by atoms with Crippen molar-refractivity contribution in [2.45, 2.75) is 64.5 Å². The second-order valence-electron chi connectivity index (χ2n) is 12.7. The van der Waals surface area contributed by atoms with Crippen LogP contribution >= 0.6 is 0 Å². The summed E-state index contributed by atoms with van der Waals surface area (Å²) in [6, 6.07) is 10.3. The lowest BCUT2D eigenvalue weighted by Gasteiger charge is -2.33. The maximum atomic E-state index is 14.3. The Bertz CT molecular complexity index is 1550. The maximum absolute atomic E-state index is 14.3. The van der Waals surface area contributed by atoms with Crippen LogP contribution in [0.2, 0.25) is 0 Å². The van der Waals surface area contributed by atoms with E-state index in [2.05, 4.69) is 29.8 Å². The molecular formula is C32H39FN6O3. The molecule has 1 saturated heterocycles. The van der Waals surface area contributed by atoms with Gasteiger partial charge >= 0.3 is 6.03 Å². The molecule has 0 bridgehead atoms. The molecule has 42 heavy (non-hydrogen) atoms. The molecule has 3 amide bonds. The normalized spacial score (nSPS) is 22.1. The lowest BCUT2D eigenvalue weighted by Crippen LogP contribution is -2.53. The number of nitrogens with two attached hydrogens (primary N) is 1. The van der Waals surface area contributed by atoms with Crippen molar-refractivity contribution in [1.82, 2.24) is 20.1 Å². The van der Waals surface area contributed by atoms with E-state index in [-0.39, 0.29) is 29.4 Å². The van der Waals surface area contributed by atoms with Crippen LogP contribution in [0.4, 0.5) is 14.9 Å². The quantitative estimate of drug-likeness (QED) is 0.358. The molecule has 0 unspecified atom stereocenters. The fraction of sp³-hybridized carbons (Fsp3) is 0.469. The Hall–Kier alpha value is -3.92. The molecule has 0 radical (unpaired) electrons. The Morgan fingerprint density at radius 2 is 1.71 bits per heavy atom. The van der Waals surface area contributed by atoms with Crippen molar-refractivity contribution in [2.24, 2.45) is 11.1 Å². The molecule has 5 N–H and O–H groups in total. The first kappa shape index (κ1) is 28.2. The molecule has 2 aromatic carbocycles. The molecule has 1 aliphatic carbocycles. The van der Waals surface area contributed by atoms with Gasteiger partial charge in [0.15, 0.2) is 0 Å². The van der Waals surface area contributed by atoms with E-state index in [1.807, 2.05) is 17.0 Å². The van der Waals surface area contributed by atoms with Gasteiger partial charge in [-0.15, -0.1) is 0 Å². The van der Waals surface area contributed by atoms with E-state index in [0.29, 0.717) is 29.6 Å². The summed E-state index contributed by atoms with van der Waals surface area (Å²) in [5.41, 5.74) is 9.73. The van der Waals surface area contributed by atoms with Gasteiger partial charge < -0.3 is 26.6 Å². The SMILES string of the molecule is CC1(C)CC(=O)n2c(c(-c3ccc(C(N)=O)c(N[C@H]4CC[C@H](NC(=O)N5CCNCC5)CC4)c3)c3ccc(F)cc32)C1. The summed E-state index contributed by atoms with van der Waals surface area (Å²) in [4.78, 5) is 40.2. The van der Waals surface area contributed by atoms with Crippen LogP contribution in [0.3, 0.4) is 0 Å². The lowest BCUT2D eigenvalue weighted by molar-refractivity contribution is 0.0816. The number of piperazine rings is 1. The van der Waals surface area contributed by atoms with Crippen LogP contribution in [-0.4, -0.2) is 65.6 Å². The average Bonchev–Trinajstić information content (AvgIpc) is 3.26. The fourth-order valence-corrected chi connectivity index (χ4v) is 6.86. The minimum atomic E-state index is -0.525. The standard InChI is InChI=1S/C32H39FN6O3/c1-32(2)17-27-29(24-10-4-20(33)16-26(24)39(27)28(40)18-32)19-3-9-23(30(34)41)25(15-19)36-21-5-7-22(8-6-21)37-31(42)38-13-11-35-12-14-38/h3-4,9-10,15-16,21-22,35-36H,5-8,11-14,17-18H2,1-2H3,(H2,34,41)(H,37,42)/t21-,22-. The highest BCUT2D eigenvalue weighted by Gasteiger charge is 2.35. The van der Waals surface area contributed by atoms with Crippen molar-refractivity contribution in [3.8, 4) is 11.1 Å². The van der Waals surface area contributed by atoms with E-state index in [1.54, 1.807) is 16.7 Å². The Kier molecular flexibility index (Phi) is 7.43. The number of aromatic nitrogens is 1. The summed E-state index contributed by atoms with van der Waals surface area (Å²) in [7, 11) is 0. The molecule has 9 nitrogen and oxygen atoms in total. The minimum Gasteiger partial charge on any atom is -0.382 e. The zero-order valence-electron chi connectivity index (χ0n) is 24.3. The van der Waals surface area contributed by atoms with E-state index in [1.165, 1.54) is 12.1 Å². The molecule has 1 aromatic heterocycles. The second kappa shape index (κ2) is 11.1. The molecule has 6 rings (SSSR count). The maximum Gasteiger partial charge on any atom is 0.317 e. The number of benzene rings is 2. The largest absolute Gasteiger partial charge is 0.382 e. The Balaban J connectivity index is 1.27. The van der Waals surface area contributed by atoms with Gasteiger partial charge in [0.1, 0.15) is 5.82 Å². The van der Waals surface area contributed by atoms with Crippen LogP contribution in [0.5, 0.6) is 0 Å². The number of rotatable bonds is 5. The number of nitrogens with zero attached hydrogens (tertiary/aromatic N) is 2. The van der Waals surface area contributed by atoms with Crippen LogP contribution < -0.4 is 21.7 Å². The number of fused-ring (bicyclic) bond motifs is 3. The van der Waals surface area contributed by atoms with E-state index in [4.69, 9.17) is 5.73 Å². The fourth-order valence-electron chi connectivity index (χ4n) is 6.86. The van der Waals surface area contributed by atoms with Crippen molar-refractivity contribution >= 4 is 34.4 Å². The predicted octanol–water partition coefficient (Wildman–Crippen LogP) is 4.50. The van der Waals surface area contributed by atoms with Crippen molar-refractivity contribution in [3.05, 3.63) is 53.5 Å². The van der Waals surface area contributed by atoms with Gasteiger partial charge in [-0.3, -0.25) is 14.2 Å². The van der Waals surface area contributed by atoms with E-state index >= 15 is 0 Å². The molecule has 10 heteroatoms. The zero-order valence-corrected chi connectivity index (χ0v) is 24.3. The minimum absolute atomic E-state index is 0.00120. The summed E-state index contributed by atoms with van der Waals surface area (Å²) in [6.45, 7) is 7.22. The first-order valence-corrected chi connectivity index (χ1v) is 14.9. The number of amides is 3. The number of nitrogens with one attached hydrogen (secondary N) is 3. The van der Waals surface area contributed by atoms with Crippen molar-refractivity contribution in [1.29, 1.82) is 0 Å². The highest BCUT2D eigenvalue weighted by molar-refractivity contribution is 6.06. The number of anilines is 1. The van der Waals surface area contributed by atoms with Gasteiger partial charge in [-0.1, -0.05) is 19.9 Å². The Morgan fingerprint density at radius 3 is 2.43 bits per heavy atom. The topological polar surface area (TPSA) is 121 Å². The Labute approximate surface area is 245 Å². The van der Waals surface area contributed by atoms with Crippen LogP contribution in [0.25, 0.3) is 22.0 Å². The van der Waals surface area contributed by atoms with Crippen LogP contribution in [0.15, 0.2) is 36.4 Å². The first-order valence-electron chi connectivity index (χ1n) is 14.9. The summed E-state index contributed by atoms with van der Waals surface area (Å²) >= 11 is 0. The van der Waals surface area contributed by atoms with Crippen LogP contribution in [0, 0.1) is 11.2 Å². The van der Waals surface area contributed by atoms with Gasteiger partial charge in [0, 0.05) is 67.0 Å². The number of carbonyl (C=O) groups is 3. The number of halogens is 1. The van der Waals surface area contributed by atoms with E-state index in [9.17, 15) is 18.8 Å². The molecule has 3 heterocycles. The zero-order chi connectivity index (χ0) is 29.6. The predicted molar refractivity (Wildman–Crippen MR) is 161 cm³/mol. The van der Waals surface area contributed by atoms with E-state index in [0.717, 1.165) is 74.1 Å². The molecule has 2 aliphatic heterocycles. The average molecular weight is 575 g/mol. The lowest BCUT2D eigenvalue weighted by atomic mass is 9.80. The monoisotopic (exact) mass is 574 g/mol. The molecule has 2 fully saturated rings. The highest BCUT2D eigenvalue weighted by Crippen LogP contribution is 2.43. The first-order chi connectivity index (χ1) is 20.1. The summed E-state index contributed by atoms with van der Waals surface area (Å²) in [5, 5.41) is 10.8. The van der Waals surface area contributed by atoms with Gasteiger partial charge in [-0.05, 0) is 73.4 Å². The third-order valence-electron chi connectivity index (χ3n) is 8.95. The Morgan fingerprint density at radius 1 is 1.00 bits per heavy atom. The van der Waals surface area contributed by atoms with Crippen LogP contribution in [-0.2, 0) is 6.42 Å². The van der Waals surface area contributed by atoms with Gasteiger partial charge in [-0.25, -0.2) is 9.18 Å². The third kappa shape index (κ3) is 5.47. The number of urea groups is 1. The highest BCUT2D eigenvalue weighted by atomic mass is 19.1. The van der Waals surface area contributed by atoms with E-state index < -0.39 is 11.7 Å². The van der Waals surface area contributed by atoms with Crippen LogP contribution in [0.1, 0.15) is 66.8 Å². The van der Waals surface area contributed by atoms with Gasteiger partial charge in [-0.2, -0.15) is 0 Å². The van der Waals surface area contributed by atoms with Gasteiger partial charge in [0.25, 0.3) is 5.91 Å². The molecule has 3 aromatic rings. The van der Waals surface area contributed by atoms with Gasteiger partial charge in [0.05, 0.1) is 11.1 Å². The van der Waals surface area contributed by atoms with Crippen molar-refractivity contribution < 1.29 is 18.8 Å². The van der Waals surface area contributed by atoms with Crippen molar-refractivity contribution in [2.75, 3.05) is 31.5 Å². The van der Waals surface area contributed by atoms with Crippen molar-refractivity contribution in [3.63, 3.8) is 0 Å². The second-order valence-corrected chi connectivity index (χ2v) is 12.7.